The molecule has 0 saturated heterocycles. The Bertz CT molecular complexity index is 619. The van der Waals surface area contributed by atoms with Crippen LogP contribution in [0.5, 0.6) is 0 Å². The van der Waals surface area contributed by atoms with E-state index in [1.54, 1.807) is 12.3 Å². The van der Waals surface area contributed by atoms with Crippen LogP contribution in [0.1, 0.15) is 31.4 Å². The molecule has 0 amide bonds. The second-order valence-electron chi connectivity index (χ2n) is 5.61. The topological polar surface area (TPSA) is 117 Å². The molecule has 0 unspecified atom stereocenters. The van der Waals surface area contributed by atoms with Crippen LogP contribution in [0.3, 0.4) is 0 Å². The number of hydroxylamine groups is 2. The third-order valence-electron chi connectivity index (χ3n) is 3.86. The van der Waals surface area contributed by atoms with Gasteiger partial charge in [0, 0.05) is 25.3 Å². The van der Waals surface area contributed by atoms with E-state index in [1.807, 2.05) is 12.1 Å². The van der Waals surface area contributed by atoms with Gasteiger partial charge in [-0.15, -0.1) is 4.99 Å². The fourth-order valence-electron chi connectivity index (χ4n) is 2.67. The quantitative estimate of drug-likeness (QED) is 0.253. The number of hydrogen-bond acceptors (Lipinski definition) is 8. The molecule has 1 aromatic heterocycles. The zero-order valence-corrected chi connectivity index (χ0v) is 14.1. The molecule has 0 fully saturated rings. The molecule has 0 spiro atoms. The van der Waals surface area contributed by atoms with Crippen molar-refractivity contribution in [3.63, 3.8) is 0 Å². The summed E-state index contributed by atoms with van der Waals surface area (Å²) >= 11 is 0. The average Bonchev–Trinajstić information content (AvgIpc) is 3.14. The first-order chi connectivity index (χ1) is 12.3. The zero-order chi connectivity index (χ0) is 17.9. The van der Waals surface area contributed by atoms with Crippen molar-refractivity contribution in [1.29, 1.82) is 5.26 Å². The number of furan rings is 1. The van der Waals surface area contributed by atoms with Crippen LogP contribution < -0.4 is 11.2 Å². The van der Waals surface area contributed by atoms with Crippen molar-refractivity contribution in [2.75, 3.05) is 19.7 Å². The van der Waals surface area contributed by atoms with Gasteiger partial charge in [0.25, 0.3) is 0 Å². The van der Waals surface area contributed by atoms with Crippen LogP contribution >= 0.6 is 0 Å². The van der Waals surface area contributed by atoms with Crippen LogP contribution in [0.2, 0.25) is 0 Å². The highest BCUT2D eigenvalue weighted by Crippen LogP contribution is 2.25. The van der Waals surface area contributed by atoms with Crippen molar-refractivity contribution in [3.8, 4) is 6.07 Å². The lowest BCUT2D eigenvalue weighted by molar-refractivity contribution is -0.418. The lowest BCUT2D eigenvalue weighted by Crippen LogP contribution is -2.28. The lowest BCUT2D eigenvalue weighted by Gasteiger charge is -2.23. The van der Waals surface area contributed by atoms with Gasteiger partial charge in [0.2, 0.25) is 0 Å². The summed E-state index contributed by atoms with van der Waals surface area (Å²) in [6.45, 7) is 1.20. The normalized spacial score (nSPS) is 16.1. The van der Waals surface area contributed by atoms with Gasteiger partial charge in [-0.2, -0.15) is 11.2 Å². The molecule has 0 saturated carbocycles. The Morgan fingerprint density at radius 2 is 2.36 bits per heavy atom. The predicted molar refractivity (Wildman–Crippen MR) is 89.8 cm³/mol. The minimum Gasteiger partial charge on any atom is -0.469 e. The van der Waals surface area contributed by atoms with Crippen molar-refractivity contribution in [3.05, 3.63) is 47.2 Å². The van der Waals surface area contributed by atoms with Crippen LogP contribution in [0.25, 0.3) is 0 Å². The Labute approximate surface area is 146 Å². The number of hydrogen-bond donors (Lipinski definition) is 3. The summed E-state index contributed by atoms with van der Waals surface area (Å²) in [6, 6.07) is 5.83. The Morgan fingerprint density at radius 3 is 3.04 bits per heavy atom. The molecule has 8 heteroatoms. The molecule has 1 aliphatic carbocycles. The molecule has 25 heavy (non-hydrogen) atoms. The van der Waals surface area contributed by atoms with E-state index < -0.39 is 0 Å². The lowest BCUT2D eigenvalue weighted by atomic mass is 9.97. The summed E-state index contributed by atoms with van der Waals surface area (Å²) in [5.41, 5.74) is 2.26. The monoisotopic (exact) mass is 348 g/mol. The Hall–Kier alpha value is -2.31. The standard InChI is InChI=1S/C17H24N4O4/c18-13-17(14-4-1-5-15(12-14)20-8-3-10-22)21(25-24-19)9-7-16-6-2-11-23-16/h2,6,11-12,20,22H,1,3-5,7-10,19H2/b17-14-. The maximum absolute atomic E-state index is 9.60. The van der Waals surface area contributed by atoms with Crippen LogP contribution in [-0.4, -0.2) is 29.9 Å². The molecular weight excluding hydrogens is 324 g/mol. The molecular formula is C17H24N4O4. The highest BCUT2D eigenvalue weighted by molar-refractivity contribution is 5.37. The molecule has 0 aliphatic heterocycles. The van der Waals surface area contributed by atoms with Gasteiger partial charge in [-0.3, -0.25) is 0 Å². The highest BCUT2D eigenvalue weighted by atomic mass is 17.3. The molecule has 0 atom stereocenters. The third-order valence-corrected chi connectivity index (χ3v) is 3.86. The molecule has 1 aromatic rings. The van der Waals surface area contributed by atoms with E-state index in [2.05, 4.69) is 16.4 Å². The van der Waals surface area contributed by atoms with Crippen LogP contribution in [0, 0.1) is 11.3 Å². The van der Waals surface area contributed by atoms with E-state index in [1.165, 1.54) is 5.06 Å². The number of nitrogens with zero attached hydrogens (tertiary/aromatic N) is 2. The van der Waals surface area contributed by atoms with Gasteiger partial charge in [-0.1, -0.05) is 4.99 Å². The molecule has 0 aromatic carbocycles. The number of nitrogens with one attached hydrogen (secondary N) is 1. The zero-order valence-electron chi connectivity index (χ0n) is 14.1. The fraction of sp³-hybridized carbons (Fsp3) is 0.471. The first-order valence-electron chi connectivity index (χ1n) is 8.30. The molecule has 136 valence electrons. The van der Waals surface area contributed by atoms with E-state index in [-0.39, 0.29) is 6.61 Å². The molecule has 1 aliphatic rings. The number of rotatable bonds is 10. The molecule has 4 N–H and O–H groups in total. The van der Waals surface area contributed by atoms with Crippen molar-refractivity contribution < 1.29 is 19.5 Å². The SMILES string of the molecule is N#C/C(=C1/C=C(NCCCO)CCC1)N(CCc1ccco1)OON. The molecule has 0 bridgehead atoms. The largest absolute Gasteiger partial charge is 0.469 e. The van der Waals surface area contributed by atoms with E-state index in [4.69, 9.17) is 20.4 Å². The molecule has 1 heterocycles. The summed E-state index contributed by atoms with van der Waals surface area (Å²) < 4.78 is 5.30. The summed E-state index contributed by atoms with van der Waals surface area (Å²) in [6.07, 6.45) is 7.37. The maximum atomic E-state index is 9.60. The van der Waals surface area contributed by atoms with Gasteiger partial charge < -0.3 is 14.8 Å². The first kappa shape index (κ1) is 19.0. The Morgan fingerprint density at radius 1 is 1.48 bits per heavy atom. The van der Waals surface area contributed by atoms with Crippen LogP contribution in [0.15, 0.2) is 45.9 Å². The number of nitriles is 1. The minimum atomic E-state index is 0.147. The van der Waals surface area contributed by atoms with E-state index in [9.17, 15) is 5.26 Å². The molecule has 2 rings (SSSR count). The highest BCUT2D eigenvalue weighted by Gasteiger charge is 2.19. The van der Waals surface area contributed by atoms with Gasteiger partial charge in [0.15, 0.2) is 0 Å². The Kier molecular flexibility index (Phi) is 8.01. The molecule has 0 radical (unpaired) electrons. The number of allylic oxidation sites excluding steroid dienone is 4. The number of nitrogens with two attached hydrogens (primary N) is 1. The van der Waals surface area contributed by atoms with Crippen molar-refractivity contribution >= 4 is 0 Å². The van der Waals surface area contributed by atoms with E-state index in [0.717, 1.165) is 36.3 Å². The van der Waals surface area contributed by atoms with Crippen LogP contribution in [-0.2, 0) is 16.4 Å². The van der Waals surface area contributed by atoms with Gasteiger partial charge in [-0.25, -0.2) is 5.06 Å². The van der Waals surface area contributed by atoms with Gasteiger partial charge in [0.05, 0.1) is 12.8 Å². The second-order valence-corrected chi connectivity index (χ2v) is 5.61. The van der Waals surface area contributed by atoms with Crippen molar-refractivity contribution in [2.45, 2.75) is 32.1 Å². The number of aliphatic hydroxyl groups excluding tert-OH is 1. The third kappa shape index (κ3) is 5.92. The maximum Gasteiger partial charge on any atom is 0.147 e. The molecule has 8 nitrogen and oxygen atoms in total. The van der Waals surface area contributed by atoms with Gasteiger partial charge in [0.1, 0.15) is 17.5 Å². The Balaban J connectivity index is 2.12. The summed E-state index contributed by atoms with van der Waals surface area (Å²) in [7, 11) is 0. The first-order valence-corrected chi connectivity index (χ1v) is 8.30. The number of aliphatic hydroxyl groups is 1. The summed E-state index contributed by atoms with van der Waals surface area (Å²) in [4.78, 5) is 9.29. The smallest absolute Gasteiger partial charge is 0.147 e. The minimum absolute atomic E-state index is 0.147. The summed E-state index contributed by atoms with van der Waals surface area (Å²) in [5, 5.41) is 23.1. The average molecular weight is 348 g/mol. The predicted octanol–water partition coefficient (Wildman–Crippen LogP) is 1.68. The second kappa shape index (κ2) is 10.5. The van der Waals surface area contributed by atoms with E-state index >= 15 is 0 Å². The summed E-state index contributed by atoms with van der Waals surface area (Å²) in [5.74, 6) is 5.81. The fourth-order valence-corrected chi connectivity index (χ4v) is 2.67. The van der Waals surface area contributed by atoms with Gasteiger partial charge in [-0.05, 0) is 49.5 Å². The van der Waals surface area contributed by atoms with Gasteiger partial charge >= 0.3 is 0 Å². The van der Waals surface area contributed by atoms with E-state index in [0.29, 0.717) is 31.6 Å². The van der Waals surface area contributed by atoms with Crippen molar-refractivity contribution in [1.82, 2.24) is 10.4 Å². The van der Waals surface area contributed by atoms with Crippen LogP contribution in [0.4, 0.5) is 0 Å². The van der Waals surface area contributed by atoms with Crippen molar-refractivity contribution in [2.24, 2.45) is 5.90 Å².